The molecule has 1 saturated heterocycles. The van der Waals surface area contributed by atoms with Crippen molar-refractivity contribution in [3.05, 3.63) is 0 Å². The van der Waals surface area contributed by atoms with Crippen molar-refractivity contribution in [1.29, 1.82) is 0 Å². The molecule has 1 saturated carbocycles. The molecule has 0 radical (unpaired) electrons. The Labute approximate surface area is 94.2 Å². The molecule has 2 atom stereocenters. The summed E-state index contributed by atoms with van der Waals surface area (Å²) in [7, 11) is 0. The number of rotatable bonds is 2. The fourth-order valence-corrected chi connectivity index (χ4v) is 3.25. The third-order valence-electron chi connectivity index (χ3n) is 4.27. The lowest BCUT2D eigenvalue weighted by Gasteiger charge is -2.40. The van der Waals surface area contributed by atoms with Crippen LogP contribution in [0.3, 0.4) is 0 Å². The first kappa shape index (κ1) is 11.4. The van der Waals surface area contributed by atoms with Gasteiger partial charge in [-0.15, -0.1) is 0 Å². The third-order valence-corrected chi connectivity index (χ3v) is 4.27. The van der Waals surface area contributed by atoms with Crippen LogP contribution in [0.4, 0.5) is 0 Å². The average Bonchev–Trinajstić information content (AvgIpc) is 2.64. The number of hydrogen-bond acceptors (Lipinski definition) is 2. The van der Waals surface area contributed by atoms with Gasteiger partial charge in [0.1, 0.15) is 0 Å². The minimum atomic E-state index is 0.457. The van der Waals surface area contributed by atoms with E-state index in [0.29, 0.717) is 11.5 Å². The number of hydrogen-bond donors (Lipinski definition) is 1. The number of nitrogens with two attached hydrogens (primary N) is 1. The van der Waals surface area contributed by atoms with E-state index in [1.54, 1.807) is 0 Å². The van der Waals surface area contributed by atoms with E-state index in [4.69, 9.17) is 5.73 Å². The molecule has 2 nitrogen and oxygen atoms in total. The highest BCUT2D eigenvalue weighted by molar-refractivity contribution is 4.89. The molecular formula is C13H26N2. The van der Waals surface area contributed by atoms with Crippen molar-refractivity contribution in [2.24, 2.45) is 17.1 Å². The van der Waals surface area contributed by atoms with E-state index in [2.05, 4.69) is 18.7 Å². The van der Waals surface area contributed by atoms with Crippen LogP contribution in [0.15, 0.2) is 0 Å². The molecule has 0 bridgehead atoms. The molecule has 0 spiro atoms. The lowest BCUT2D eigenvalue weighted by molar-refractivity contribution is 0.124. The van der Waals surface area contributed by atoms with Crippen LogP contribution < -0.4 is 5.73 Å². The molecular weight excluding hydrogens is 184 g/mol. The zero-order chi connectivity index (χ0) is 10.9. The smallest absolute Gasteiger partial charge is 0.00797 e. The third kappa shape index (κ3) is 2.94. The Balaban J connectivity index is 1.88. The average molecular weight is 210 g/mol. The van der Waals surface area contributed by atoms with Crippen LogP contribution in [-0.2, 0) is 0 Å². The Morgan fingerprint density at radius 2 is 1.93 bits per heavy atom. The first-order chi connectivity index (χ1) is 7.07. The summed E-state index contributed by atoms with van der Waals surface area (Å²) in [6.45, 7) is 8.67. The maximum atomic E-state index is 6.25. The van der Waals surface area contributed by atoms with Gasteiger partial charge in [0.05, 0.1) is 0 Å². The molecule has 2 aliphatic rings. The fraction of sp³-hybridized carbons (Fsp3) is 1.00. The van der Waals surface area contributed by atoms with Crippen LogP contribution >= 0.6 is 0 Å². The van der Waals surface area contributed by atoms with E-state index in [9.17, 15) is 0 Å². The van der Waals surface area contributed by atoms with E-state index in [1.165, 1.54) is 51.7 Å². The second kappa shape index (κ2) is 4.42. The lowest BCUT2D eigenvalue weighted by Crippen LogP contribution is -2.44. The van der Waals surface area contributed by atoms with E-state index >= 15 is 0 Å². The predicted molar refractivity (Wildman–Crippen MR) is 64.8 cm³/mol. The van der Waals surface area contributed by atoms with E-state index < -0.39 is 0 Å². The first-order valence-corrected chi connectivity index (χ1v) is 6.55. The Hall–Kier alpha value is -0.0800. The van der Waals surface area contributed by atoms with E-state index in [0.717, 1.165) is 5.92 Å². The lowest BCUT2D eigenvalue weighted by atomic mass is 9.70. The molecule has 2 fully saturated rings. The van der Waals surface area contributed by atoms with Crippen molar-refractivity contribution in [3.8, 4) is 0 Å². The van der Waals surface area contributed by atoms with Crippen LogP contribution in [0, 0.1) is 11.3 Å². The zero-order valence-electron chi connectivity index (χ0n) is 10.3. The molecule has 2 rings (SSSR count). The van der Waals surface area contributed by atoms with Crippen molar-refractivity contribution in [3.63, 3.8) is 0 Å². The molecule has 2 heteroatoms. The van der Waals surface area contributed by atoms with Crippen LogP contribution in [0.1, 0.15) is 46.0 Å². The first-order valence-electron chi connectivity index (χ1n) is 6.55. The molecule has 15 heavy (non-hydrogen) atoms. The fourth-order valence-electron chi connectivity index (χ4n) is 3.25. The summed E-state index contributed by atoms with van der Waals surface area (Å²) in [6.07, 6.45) is 6.65. The van der Waals surface area contributed by atoms with E-state index in [-0.39, 0.29) is 0 Å². The van der Waals surface area contributed by atoms with Crippen LogP contribution in [0.5, 0.6) is 0 Å². The highest BCUT2D eigenvalue weighted by atomic mass is 15.1. The van der Waals surface area contributed by atoms with Crippen LogP contribution in [0.2, 0.25) is 0 Å². The van der Waals surface area contributed by atoms with Crippen molar-refractivity contribution >= 4 is 0 Å². The Morgan fingerprint density at radius 1 is 1.27 bits per heavy atom. The molecule has 88 valence electrons. The SMILES string of the molecule is CC1(C)CCC(N)C(CN2CCCC2)C1. The summed E-state index contributed by atoms with van der Waals surface area (Å²) in [5.74, 6) is 0.742. The van der Waals surface area contributed by atoms with Crippen molar-refractivity contribution in [1.82, 2.24) is 4.90 Å². The molecule has 1 heterocycles. The van der Waals surface area contributed by atoms with Gasteiger partial charge in [0.2, 0.25) is 0 Å². The minimum Gasteiger partial charge on any atom is -0.327 e. The minimum absolute atomic E-state index is 0.457. The van der Waals surface area contributed by atoms with Gasteiger partial charge in [-0.1, -0.05) is 13.8 Å². The molecule has 0 amide bonds. The van der Waals surface area contributed by atoms with Crippen LogP contribution in [-0.4, -0.2) is 30.6 Å². The summed E-state index contributed by atoms with van der Waals surface area (Å²) in [5, 5.41) is 0. The highest BCUT2D eigenvalue weighted by Crippen LogP contribution is 2.38. The molecule has 1 aliphatic carbocycles. The van der Waals surface area contributed by atoms with Gasteiger partial charge in [-0.25, -0.2) is 0 Å². The van der Waals surface area contributed by atoms with Gasteiger partial charge in [0.15, 0.2) is 0 Å². The zero-order valence-corrected chi connectivity index (χ0v) is 10.3. The summed E-state index contributed by atoms with van der Waals surface area (Å²) >= 11 is 0. The van der Waals surface area contributed by atoms with Crippen molar-refractivity contribution in [2.75, 3.05) is 19.6 Å². The molecule has 2 N–H and O–H groups in total. The molecule has 0 aromatic rings. The summed E-state index contributed by atoms with van der Waals surface area (Å²) in [4.78, 5) is 2.62. The second-order valence-electron chi connectivity index (χ2n) is 6.34. The standard InChI is InChI=1S/C13H26N2/c1-13(2)6-5-12(14)11(9-13)10-15-7-3-4-8-15/h11-12H,3-10,14H2,1-2H3. The van der Waals surface area contributed by atoms with Gasteiger partial charge >= 0.3 is 0 Å². The van der Waals surface area contributed by atoms with Crippen LogP contribution in [0.25, 0.3) is 0 Å². The molecule has 0 aromatic heterocycles. The van der Waals surface area contributed by atoms with Gasteiger partial charge in [-0.05, 0) is 56.5 Å². The Bertz CT molecular complexity index is 207. The van der Waals surface area contributed by atoms with E-state index in [1.807, 2.05) is 0 Å². The maximum Gasteiger partial charge on any atom is 0.00797 e. The van der Waals surface area contributed by atoms with Gasteiger partial charge in [-0.2, -0.15) is 0 Å². The van der Waals surface area contributed by atoms with Gasteiger partial charge in [0, 0.05) is 12.6 Å². The number of likely N-dealkylation sites (tertiary alicyclic amines) is 1. The largest absolute Gasteiger partial charge is 0.327 e. The summed E-state index contributed by atoms with van der Waals surface area (Å²) in [5.41, 5.74) is 6.78. The Morgan fingerprint density at radius 3 is 2.60 bits per heavy atom. The second-order valence-corrected chi connectivity index (χ2v) is 6.34. The van der Waals surface area contributed by atoms with Crippen molar-refractivity contribution < 1.29 is 0 Å². The molecule has 2 unspecified atom stereocenters. The maximum absolute atomic E-state index is 6.25. The van der Waals surface area contributed by atoms with Gasteiger partial charge in [0.25, 0.3) is 0 Å². The quantitative estimate of drug-likeness (QED) is 0.757. The summed E-state index contributed by atoms with van der Waals surface area (Å²) in [6, 6.07) is 0.457. The van der Waals surface area contributed by atoms with Gasteiger partial charge < -0.3 is 10.6 Å². The predicted octanol–water partition coefficient (Wildman–Crippen LogP) is 2.24. The highest BCUT2D eigenvalue weighted by Gasteiger charge is 2.34. The number of nitrogens with zero attached hydrogens (tertiary/aromatic N) is 1. The molecule has 1 aliphatic heterocycles. The topological polar surface area (TPSA) is 29.3 Å². The van der Waals surface area contributed by atoms with Crippen molar-refractivity contribution in [2.45, 2.75) is 52.0 Å². The Kier molecular flexibility index (Phi) is 3.36. The van der Waals surface area contributed by atoms with Gasteiger partial charge in [-0.3, -0.25) is 0 Å². The normalized spacial score (nSPS) is 37.0. The monoisotopic (exact) mass is 210 g/mol. The summed E-state index contributed by atoms with van der Waals surface area (Å²) < 4.78 is 0. The molecule has 0 aromatic carbocycles.